The molecule has 1 aromatic carbocycles. The van der Waals surface area contributed by atoms with Crippen LogP contribution in [-0.4, -0.2) is 34.9 Å². The van der Waals surface area contributed by atoms with E-state index in [0.717, 1.165) is 12.1 Å². The van der Waals surface area contributed by atoms with Gasteiger partial charge in [-0.2, -0.15) is 4.98 Å². The molecule has 3 aromatic rings. The van der Waals surface area contributed by atoms with Crippen molar-refractivity contribution < 1.29 is 8.42 Å². The van der Waals surface area contributed by atoms with Gasteiger partial charge in [-0.1, -0.05) is 6.07 Å². The first kappa shape index (κ1) is 18.3. The predicted molar refractivity (Wildman–Crippen MR) is 102 cm³/mol. The van der Waals surface area contributed by atoms with Crippen LogP contribution >= 0.6 is 15.9 Å². The molecule has 136 valence electrons. The van der Waals surface area contributed by atoms with E-state index in [1.54, 1.807) is 30.9 Å². The number of halogens is 1. The fourth-order valence-corrected chi connectivity index (χ4v) is 3.06. The van der Waals surface area contributed by atoms with Gasteiger partial charge in [-0.25, -0.2) is 23.5 Å². The zero-order valence-corrected chi connectivity index (χ0v) is 15.9. The Morgan fingerprint density at radius 1 is 1.27 bits per heavy atom. The van der Waals surface area contributed by atoms with Crippen molar-refractivity contribution in [3.05, 3.63) is 53.2 Å². The molecule has 0 spiro atoms. The molecule has 9 nitrogen and oxygen atoms in total. The van der Waals surface area contributed by atoms with E-state index in [9.17, 15) is 8.42 Å². The van der Waals surface area contributed by atoms with Crippen molar-refractivity contribution in [1.82, 2.24) is 19.9 Å². The Bertz CT molecular complexity index is 993. The van der Waals surface area contributed by atoms with Gasteiger partial charge >= 0.3 is 0 Å². The van der Waals surface area contributed by atoms with E-state index in [1.807, 2.05) is 0 Å². The maximum absolute atomic E-state index is 11.4. The molecule has 0 saturated heterocycles. The summed E-state index contributed by atoms with van der Waals surface area (Å²) in [6.45, 7) is 0.651. The molecule has 2 heterocycles. The van der Waals surface area contributed by atoms with Crippen molar-refractivity contribution in [3.8, 4) is 0 Å². The number of imidazole rings is 1. The lowest BCUT2D eigenvalue weighted by molar-refractivity contribution is 0.598. The van der Waals surface area contributed by atoms with Gasteiger partial charge in [0, 0.05) is 36.7 Å². The number of H-pyrrole nitrogens is 1. The Morgan fingerprint density at radius 3 is 2.85 bits per heavy atom. The van der Waals surface area contributed by atoms with E-state index in [-0.39, 0.29) is 4.90 Å². The van der Waals surface area contributed by atoms with Crippen molar-refractivity contribution >= 4 is 43.4 Å². The zero-order valence-electron chi connectivity index (χ0n) is 13.5. The molecule has 0 radical (unpaired) electrons. The smallest absolute Gasteiger partial charge is 0.238 e. The van der Waals surface area contributed by atoms with Crippen LogP contribution in [0.5, 0.6) is 0 Å². The molecular weight excluding hydrogens is 422 g/mol. The normalized spacial score (nSPS) is 11.3. The standard InChI is InChI=1S/C15H16BrN7O2S/c16-13-8-20-15(22-10-2-1-3-12(6-10)26(17,24)25)23-14(13)19-5-4-11-7-18-9-21-11/h1-3,6-9H,4-5H2,(H,18,21)(H2,17,24,25)(H2,19,20,22,23). The number of hydrogen-bond acceptors (Lipinski definition) is 7. The first-order chi connectivity index (χ1) is 12.4. The van der Waals surface area contributed by atoms with Crippen LogP contribution in [0.4, 0.5) is 17.5 Å². The summed E-state index contributed by atoms with van der Waals surface area (Å²) in [5.41, 5.74) is 1.53. The highest BCUT2D eigenvalue weighted by molar-refractivity contribution is 9.10. The van der Waals surface area contributed by atoms with Crippen LogP contribution in [0.1, 0.15) is 5.69 Å². The minimum Gasteiger partial charge on any atom is -0.369 e. The Morgan fingerprint density at radius 2 is 2.12 bits per heavy atom. The highest BCUT2D eigenvalue weighted by Crippen LogP contribution is 2.23. The van der Waals surface area contributed by atoms with Gasteiger partial charge in [0.15, 0.2) is 0 Å². The molecule has 0 amide bonds. The number of hydrogen-bond donors (Lipinski definition) is 4. The van der Waals surface area contributed by atoms with Crippen LogP contribution < -0.4 is 15.8 Å². The second-order valence-corrected chi connectivity index (χ2v) is 7.76. The summed E-state index contributed by atoms with van der Waals surface area (Å²) in [6.07, 6.45) is 5.77. The van der Waals surface area contributed by atoms with Crippen LogP contribution in [0.3, 0.4) is 0 Å². The number of sulfonamides is 1. The highest BCUT2D eigenvalue weighted by atomic mass is 79.9. The Labute approximate surface area is 158 Å². The van der Waals surface area contributed by atoms with Gasteiger partial charge in [0.25, 0.3) is 0 Å². The van der Waals surface area contributed by atoms with Crippen LogP contribution in [-0.2, 0) is 16.4 Å². The number of aromatic nitrogens is 4. The van der Waals surface area contributed by atoms with Crippen molar-refractivity contribution in [2.45, 2.75) is 11.3 Å². The third-order valence-electron chi connectivity index (χ3n) is 3.40. The first-order valence-corrected chi connectivity index (χ1v) is 9.89. The minimum absolute atomic E-state index is 0.0116. The molecule has 11 heteroatoms. The van der Waals surface area contributed by atoms with Crippen molar-refractivity contribution in [3.63, 3.8) is 0 Å². The minimum atomic E-state index is -3.77. The number of primary sulfonamides is 1. The molecule has 0 fully saturated rings. The molecular formula is C15H16BrN7O2S. The van der Waals surface area contributed by atoms with Crippen LogP contribution in [0.25, 0.3) is 0 Å². The van der Waals surface area contributed by atoms with Crippen molar-refractivity contribution in [2.75, 3.05) is 17.2 Å². The number of nitrogens with one attached hydrogen (secondary N) is 3. The maximum Gasteiger partial charge on any atom is 0.238 e. The van der Waals surface area contributed by atoms with Gasteiger partial charge in [0.1, 0.15) is 5.82 Å². The summed E-state index contributed by atoms with van der Waals surface area (Å²) in [5.74, 6) is 0.938. The largest absolute Gasteiger partial charge is 0.369 e. The van der Waals surface area contributed by atoms with Crippen LogP contribution in [0.2, 0.25) is 0 Å². The highest BCUT2D eigenvalue weighted by Gasteiger charge is 2.10. The number of nitrogens with zero attached hydrogens (tertiary/aromatic N) is 3. The van der Waals surface area contributed by atoms with Gasteiger partial charge in [-0.05, 0) is 34.1 Å². The lowest BCUT2D eigenvalue weighted by Gasteiger charge is -2.10. The maximum atomic E-state index is 11.4. The molecule has 0 aliphatic rings. The molecule has 0 saturated carbocycles. The predicted octanol–water partition coefficient (Wildman–Crippen LogP) is 2.01. The number of rotatable bonds is 7. The average Bonchev–Trinajstić information content (AvgIpc) is 3.11. The Kier molecular flexibility index (Phi) is 5.49. The Balaban J connectivity index is 1.71. The van der Waals surface area contributed by atoms with E-state index in [0.29, 0.717) is 28.5 Å². The Hall–Kier alpha value is -2.50. The van der Waals surface area contributed by atoms with E-state index in [4.69, 9.17) is 5.14 Å². The van der Waals surface area contributed by atoms with Crippen molar-refractivity contribution in [1.29, 1.82) is 0 Å². The molecule has 0 unspecified atom stereocenters. The monoisotopic (exact) mass is 437 g/mol. The lowest BCUT2D eigenvalue weighted by atomic mass is 10.3. The summed E-state index contributed by atoms with van der Waals surface area (Å²) >= 11 is 3.40. The first-order valence-electron chi connectivity index (χ1n) is 7.55. The SMILES string of the molecule is NS(=O)(=O)c1cccc(Nc2ncc(Br)c(NCCc3cnc[nH]3)n2)c1. The summed E-state index contributed by atoms with van der Waals surface area (Å²) in [5, 5.41) is 11.3. The van der Waals surface area contributed by atoms with E-state index >= 15 is 0 Å². The summed E-state index contributed by atoms with van der Waals surface area (Å²) < 4.78 is 23.6. The lowest BCUT2D eigenvalue weighted by Crippen LogP contribution is -2.12. The topological polar surface area (TPSA) is 139 Å². The molecule has 2 aromatic heterocycles. The van der Waals surface area contributed by atoms with E-state index < -0.39 is 10.0 Å². The van der Waals surface area contributed by atoms with Crippen LogP contribution in [0, 0.1) is 0 Å². The van der Waals surface area contributed by atoms with E-state index in [2.05, 4.69) is 46.5 Å². The molecule has 26 heavy (non-hydrogen) atoms. The molecule has 0 aliphatic carbocycles. The second-order valence-electron chi connectivity index (χ2n) is 5.34. The van der Waals surface area contributed by atoms with Crippen LogP contribution in [0.15, 0.2) is 52.4 Å². The van der Waals surface area contributed by atoms with Gasteiger partial charge in [-0.3, -0.25) is 0 Å². The van der Waals surface area contributed by atoms with Gasteiger partial charge in [0.2, 0.25) is 16.0 Å². The number of benzene rings is 1. The van der Waals surface area contributed by atoms with Crippen molar-refractivity contribution in [2.24, 2.45) is 5.14 Å². The summed E-state index contributed by atoms with van der Waals surface area (Å²) in [6, 6.07) is 6.13. The fourth-order valence-electron chi connectivity index (χ4n) is 2.17. The molecule has 0 atom stereocenters. The fraction of sp³-hybridized carbons (Fsp3) is 0.133. The zero-order chi connectivity index (χ0) is 18.6. The van der Waals surface area contributed by atoms with Gasteiger partial charge < -0.3 is 15.6 Å². The average molecular weight is 438 g/mol. The van der Waals surface area contributed by atoms with E-state index in [1.165, 1.54) is 12.1 Å². The molecule has 0 aliphatic heterocycles. The third-order valence-corrected chi connectivity index (χ3v) is 4.90. The molecule has 0 bridgehead atoms. The third kappa shape index (κ3) is 4.77. The number of aromatic amines is 1. The van der Waals surface area contributed by atoms with Gasteiger partial charge in [-0.15, -0.1) is 0 Å². The number of anilines is 3. The van der Waals surface area contributed by atoms with Gasteiger partial charge in [0.05, 0.1) is 15.7 Å². The number of nitrogens with two attached hydrogens (primary N) is 1. The molecule has 5 N–H and O–H groups in total. The molecule has 3 rings (SSSR count). The summed E-state index contributed by atoms with van der Waals surface area (Å²) in [4.78, 5) is 15.6. The second kappa shape index (κ2) is 7.81. The summed E-state index contributed by atoms with van der Waals surface area (Å²) in [7, 11) is -3.77. The quantitative estimate of drug-likeness (QED) is 0.443.